The summed E-state index contributed by atoms with van der Waals surface area (Å²) in [5, 5.41) is 7.25. The molecule has 2 aromatic rings. The number of benzene rings is 1. The normalized spacial score (nSPS) is 16.3. The van der Waals surface area contributed by atoms with Gasteiger partial charge in [0, 0.05) is 12.8 Å². The van der Waals surface area contributed by atoms with E-state index < -0.39 is 0 Å². The minimum atomic E-state index is -0.0192. The highest BCUT2D eigenvalue weighted by atomic mass is 16.5. The SMILES string of the molecule is COC(c1noc(CNc2ccccc2)n1)C1CC1. The smallest absolute Gasteiger partial charge is 0.246 e. The van der Waals surface area contributed by atoms with Gasteiger partial charge in [-0.15, -0.1) is 0 Å². The van der Waals surface area contributed by atoms with E-state index in [0.717, 1.165) is 5.69 Å². The van der Waals surface area contributed by atoms with E-state index in [4.69, 9.17) is 9.26 Å². The Morgan fingerprint density at radius 2 is 2.16 bits per heavy atom. The van der Waals surface area contributed by atoms with E-state index in [0.29, 0.717) is 24.2 Å². The zero-order valence-electron chi connectivity index (χ0n) is 10.9. The molecule has 100 valence electrons. The van der Waals surface area contributed by atoms with Crippen LogP contribution in [0.3, 0.4) is 0 Å². The molecule has 3 rings (SSSR count). The zero-order valence-corrected chi connectivity index (χ0v) is 10.9. The first-order valence-electron chi connectivity index (χ1n) is 6.51. The first-order valence-corrected chi connectivity index (χ1v) is 6.51. The molecule has 1 heterocycles. The van der Waals surface area contributed by atoms with Gasteiger partial charge in [-0.1, -0.05) is 23.4 Å². The molecule has 0 spiro atoms. The van der Waals surface area contributed by atoms with Crippen LogP contribution in [0.2, 0.25) is 0 Å². The van der Waals surface area contributed by atoms with E-state index in [-0.39, 0.29) is 6.10 Å². The number of nitrogens with zero attached hydrogens (tertiary/aromatic N) is 2. The van der Waals surface area contributed by atoms with Gasteiger partial charge in [-0.3, -0.25) is 0 Å². The monoisotopic (exact) mass is 259 g/mol. The quantitative estimate of drug-likeness (QED) is 0.864. The molecule has 0 aliphatic heterocycles. The summed E-state index contributed by atoms with van der Waals surface area (Å²) in [4.78, 5) is 4.39. The summed E-state index contributed by atoms with van der Waals surface area (Å²) in [5.74, 6) is 1.80. The molecule has 1 aliphatic carbocycles. The van der Waals surface area contributed by atoms with Crippen molar-refractivity contribution in [1.82, 2.24) is 10.1 Å². The lowest BCUT2D eigenvalue weighted by Crippen LogP contribution is -2.06. The molecule has 1 aromatic carbocycles. The van der Waals surface area contributed by atoms with Gasteiger partial charge in [0.2, 0.25) is 11.7 Å². The molecule has 1 unspecified atom stereocenters. The highest BCUT2D eigenvalue weighted by molar-refractivity contribution is 5.42. The predicted molar refractivity (Wildman–Crippen MR) is 70.5 cm³/mol. The fourth-order valence-electron chi connectivity index (χ4n) is 2.10. The number of ether oxygens (including phenoxy) is 1. The third kappa shape index (κ3) is 2.93. The molecule has 0 amide bonds. The lowest BCUT2D eigenvalue weighted by Gasteiger charge is -2.08. The molecule has 1 fully saturated rings. The minimum Gasteiger partial charge on any atom is -0.376 e. The van der Waals surface area contributed by atoms with Crippen molar-refractivity contribution in [3.8, 4) is 0 Å². The first kappa shape index (κ1) is 12.2. The molecule has 1 N–H and O–H groups in total. The van der Waals surface area contributed by atoms with Crippen molar-refractivity contribution in [2.45, 2.75) is 25.5 Å². The predicted octanol–water partition coefficient (Wildman–Crippen LogP) is 2.78. The Labute approximate surface area is 112 Å². The topological polar surface area (TPSA) is 60.2 Å². The molecule has 5 heteroatoms. The Balaban J connectivity index is 1.61. The average molecular weight is 259 g/mol. The molecule has 1 aliphatic rings. The second-order valence-electron chi connectivity index (χ2n) is 4.76. The van der Waals surface area contributed by atoms with Crippen molar-refractivity contribution in [3.63, 3.8) is 0 Å². The number of methoxy groups -OCH3 is 1. The number of rotatable bonds is 6. The van der Waals surface area contributed by atoms with Crippen molar-refractivity contribution in [2.24, 2.45) is 5.92 Å². The second kappa shape index (κ2) is 5.40. The van der Waals surface area contributed by atoms with Gasteiger partial charge < -0.3 is 14.6 Å². The Bertz CT molecular complexity index is 522. The van der Waals surface area contributed by atoms with E-state index in [2.05, 4.69) is 15.5 Å². The van der Waals surface area contributed by atoms with Gasteiger partial charge in [-0.2, -0.15) is 4.98 Å². The van der Waals surface area contributed by atoms with Gasteiger partial charge >= 0.3 is 0 Å². The van der Waals surface area contributed by atoms with Gasteiger partial charge in [0.25, 0.3) is 0 Å². The third-order valence-corrected chi connectivity index (χ3v) is 3.26. The summed E-state index contributed by atoms with van der Waals surface area (Å²) in [5.41, 5.74) is 1.03. The van der Waals surface area contributed by atoms with Crippen LogP contribution in [0.25, 0.3) is 0 Å². The maximum absolute atomic E-state index is 5.43. The summed E-state index contributed by atoms with van der Waals surface area (Å²) in [6.45, 7) is 0.526. The number of aromatic nitrogens is 2. The Morgan fingerprint density at radius 1 is 1.37 bits per heavy atom. The number of para-hydroxylation sites is 1. The van der Waals surface area contributed by atoms with Crippen molar-refractivity contribution >= 4 is 5.69 Å². The maximum Gasteiger partial charge on any atom is 0.246 e. The van der Waals surface area contributed by atoms with Crippen LogP contribution >= 0.6 is 0 Å². The Kier molecular flexibility index (Phi) is 3.46. The van der Waals surface area contributed by atoms with Gasteiger partial charge in [-0.05, 0) is 30.9 Å². The fourth-order valence-corrected chi connectivity index (χ4v) is 2.10. The number of nitrogens with one attached hydrogen (secondary N) is 1. The van der Waals surface area contributed by atoms with Crippen LogP contribution in [0.15, 0.2) is 34.9 Å². The molecular weight excluding hydrogens is 242 g/mol. The highest BCUT2D eigenvalue weighted by Crippen LogP contribution is 2.41. The van der Waals surface area contributed by atoms with E-state index in [1.165, 1.54) is 12.8 Å². The molecule has 0 bridgehead atoms. The molecule has 5 nitrogen and oxygen atoms in total. The summed E-state index contributed by atoms with van der Waals surface area (Å²) >= 11 is 0. The molecule has 1 aromatic heterocycles. The van der Waals surface area contributed by atoms with Crippen molar-refractivity contribution in [1.29, 1.82) is 0 Å². The summed E-state index contributed by atoms with van der Waals surface area (Å²) < 4.78 is 10.7. The van der Waals surface area contributed by atoms with Crippen LogP contribution in [0.4, 0.5) is 5.69 Å². The zero-order chi connectivity index (χ0) is 13.1. The lowest BCUT2D eigenvalue weighted by atomic mass is 10.2. The first-order chi connectivity index (χ1) is 9.36. The van der Waals surface area contributed by atoms with Crippen LogP contribution < -0.4 is 5.32 Å². The highest BCUT2D eigenvalue weighted by Gasteiger charge is 2.35. The van der Waals surface area contributed by atoms with Crippen LogP contribution in [-0.4, -0.2) is 17.3 Å². The average Bonchev–Trinajstić information content (AvgIpc) is 3.17. The standard InChI is InChI=1S/C14H17N3O2/c1-18-13(10-7-8-10)14-16-12(19-17-14)9-15-11-5-3-2-4-6-11/h2-6,10,13,15H,7-9H2,1H3. The maximum atomic E-state index is 5.43. The van der Waals surface area contributed by atoms with Crippen molar-refractivity contribution < 1.29 is 9.26 Å². The van der Waals surface area contributed by atoms with Crippen LogP contribution in [-0.2, 0) is 11.3 Å². The minimum absolute atomic E-state index is 0.0192. The van der Waals surface area contributed by atoms with E-state index in [9.17, 15) is 0 Å². The Morgan fingerprint density at radius 3 is 2.84 bits per heavy atom. The third-order valence-electron chi connectivity index (χ3n) is 3.26. The number of anilines is 1. The van der Waals surface area contributed by atoms with Gasteiger partial charge in [-0.25, -0.2) is 0 Å². The summed E-state index contributed by atoms with van der Waals surface area (Å²) in [6, 6.07) is 9.94. The number of hydrogen-bond donors (Lipinski definition) is 1. The molecule has 1 saturated carbocycles. The van der Waals surface area contributed by atoms with Crippen molar-refractivity contribution in [2.75, 3.05) is 12.4 Å². The van der Waals surface area contributed by atoms with Crippen LogP contribution in [0.5, 0.6) is 0 Å². The van der Waals surface area contributed by atoms with Gasteiger partial charge in [0.1, 0.15) is 6.10 Å². The van der Waals surface area contributed by atoms with E-state index in [1.807, 2.05) is 30.3 Å². The molecule has 0 radical (unpaired) electrons. The lowest BCUT2D eigenvalue weighted by molar-refractivity contribution is 0.0751. The van der Waals surface area contributed by atoms with E-state index in [1.54, 1.807) is 7.11 Å². The number of hydrogen-bond acceptors (Lipinski definition) is 5. The van der Waals surface area contributed by atoms with E-state index >= 15 is 0 Å². The van der Waals surface area contributed by atoms with Crippen LogP contribution in [0.1, 0.15) is 30.7 Å². The van der Waals surface area contributed by atoms with Gasteiger partial charge in [0.05, 0.1) is 6.54 Å². The largest absolute Gasteiger partial charge is 0.376 e. The molecule has 1 atom stereocenters. The van der Waals surface area contributed by atoms with Gasteiger partial charge in [0.15, 0.2) is 0 Å². The van der Waals surface area contributed by atoms with Crippen LogP contribution in [0, 0.1) is 5.92 Å². The van der Waals surface area contributed by atoms with Crippen molar-refractivity contribution in [3.05, 3.63) is 42.0 Å². The fraction of sp³-hybridized carbons (Fsp3) is 0.429. The molecule has 19 heavy (non-hydrogen) atoms. The second-order valence-corrected chi connectivity index (χ2v) is 4.76. The molecule has 0 saturated heterocycles. The molecular formula is C14H17N3O2. The summed E-state index contributed by atoms with van der Waals surface area (Å²) in [6.07, 6.45) is 2.35. The Hall–Kier alpha value is -1.88. The summed E-state index contributed by atoms with van der Waals surface area (Å²) in [7, 11) is 1.70.